The van der Waals surface area contributed by atoms with E-state index in [9.17, 15) is 4.79 Å². The molecule has 0 aliphatic carbocycles. The van der Waals surface area contributed by atoms with Gasteiger partial charge in [0.1, 0.15) is 0 Å². The van der Waals surface area contributed by atoms with Gasteiger partial charge in [0.15, 0.2) is 5.78 Å². The van der Waals surface area contributed by atoms with Crippen molar-refractivity contribution < 1.29 is 4.79 Å². The number of thiophene rings is 1. The smallest absolute Gasteiger partial charge is 0.195 e. The third-order valence-corrected chi connectivity index (χ3v) is 4.66. The molecule has 0 saturated carbocycles. The van der Waals surface area contributed by atoms with Gasteiger partial charge in [-0.15, -0.1) is 11.3 Å². The van der Waals surface area contributed by atoms with Crippen LogP contribution in [0.4, 0.5) is 0 Å². The van der Waals surface area contributed by atoms with E-state index in [1.165, 1.54) is 4.88 Å². The molecule has 0 spiro atoms. The molecule has 22 heavy (non-hydrogen) atoms. The number of carbonyl (C=O) groups is 1. The summed E-state index contributed by atoms with van der Waals surface area (Å²) in [6, 6.07) is 13.9. The summed E-state index contributed by atoms with van der Waals surface area (Å²) in [5, 5.41) is 1.06. The third kappa shape index (κ3) is 3.15. The molecule has 3 rings (SSSR count). The van der Waals surface area contributed by atoms with Crippen LogP contribution in [0.25, 0.3) is 17.0 Å². The van der Waals surface area contributed by atoms with Gasteiger partial charge in [-0.2, -0.15) is 0 Å². The second-order valence-electron chi connectivity index (χ2n) is 5.13. The van der Waals surface area contributed by atoms with Crippen LogP contribution in [0.15, 0.2) is 54.7 Å². The van der Waals surface area contributed by atoms with Crippen LogP contribution < -0.4 is 0 Å². The van der Waals surface area contributed by atoms with Gasteiger partial charge in [-0.25, -0.2) is 0 Å². The zero-order chi connectivity index (χ0) is 15.4. The Morgan fingerprint density at radius 2 is 2.05 bits per heavy atom. The first-order valence-corrected chi connectivity index (χ1v) is 8.24. The summed E-state index contributed by atoms with van der Waals surface area (Å²) >= 11 is 1.59. The predicted molar refractivity (Wildman–Crippen MR) is 93.4 cm³/mol. The summed E-state index contributed by atoms with van der Waals surface area (Å²) in [5.74, 6) is 0.0632. The lowest BCUT2D eigenvalue weighted by Crippen LogP contribution is -1.89. The number of allylic oxidation sites excluding steroid dienone is 1. The summed E-state index contributed by atoms with van der Waals surface area (Å²) in [6.07, 6.45) is 7.45. The maximum absolute atomic E-state index is 12.3. The SMILES string of the molecule is CCCc1ccc(C(=O)/C=C/c2ccnc3ccccc23)s1. The van der Waals surface area contributed by atoms with Crippen LogP contribution in [0.5, 0.6) is 0 Å². The molecule has 0 amide bonds. The zero-order valence-corrected chi connectivity index (χ0v) is 13.3. The van der Waals surface area contributed by atoms with Crippen molar-refractivity contribution >= 4 is 34.1 Å². The largest absolute Gasteiger partial charge is 0.288 e. The molecule has 0 radical (unpaired) electrons. The second-order valence-corrected chi connectivity index (χ2v) is 6.30. The first kappa shape index (κ1) is 14.7. The molecule has 2 heterocycles. The number of rotatable bonds is 5. The van der Waals surface area contributed by atoms with Gasteiger partial charge in [-0.05, 0) is 42.3 Å². The predicted octanol–water partition coefficient (Wildman–Crippen LogP) is 5.14. The highest BCUT2D eigenvalue weighted by Crippen LogP contribution is 2.21. The molecular formula is C19H17NOS. The molecular weight excluding hydrogens is 290 g/mol. The highest BCUT2D eigenvalue weighted by molar-refractivity contribution is 7.14. The van der Waals surface area contributed by atoms with E-state index in [0.29, 0.717) is 0 Å². The molecule has 110 valence electrons. The van der Waals surface area contributed by atoms with E-state index in [0.717, 1.165) is 34.2 Å². The molecule has 0 N–H and O–H groups in total. The van der Waals surface area contributed by atoms with Crippen LogP contribution in [0.3, 0.4) is 0 Å². The minimum Gasteiger partial charge on any atom is -0.288 e. The van der Waals surface area contributed by atoms with Crippen LogP contribution in [-0.4, -0.2) is 10.8 Å². The lowest BCUT2D eigenvalue weighted by Gasteiger charge is -2.00. The average Bonchev–Trinajstić information content (AvgIpc) is 3.02. The fraction of sp³-hybridized carbons (Fsp3) is 0.158. The van der Waals surface area contributed by atoms with Crippen LogP contribution in [-0.2, 0) is 6.42 Å². The molecule has 0 saturated heterocycles. The number of ketones is 1. The van der Waals surface area contributed by atoms with Crippen molar-refractivity contribution in [3.8, 4) is 0 Å². The number of hydrogen-bond acceptors (Lipinski definition) is 3. The maximum Gasteiger partial charge on any atom is 0.195 e. The molecule has 2 nitrogen and oxygen atoms in total. The van der Waals surface area contributed by atoms with Crippen molar-refractivity contribution in [3.05, 3.63) is 70.1 Å². The summed E-state index contributed by atoms with van der Waals surface area (Å²) < 4.78 is 0. The number of hydrogen-bond donors (Lipinski definition) is 0. The Balaban J connectivity index is 1.84. The molecule has 0 bridgehead atoms. The maximum atomic E-state index is 12.3. The van der Waals surface area contributed by atoms with Gasteiger partial charge in [0.2, 0.25) is 0 Å². The standard InChI is InChI=1S/C19H17NOS/c1-2-5-15-9-11-19(22-15)18(21)10-8-14-12-13-20-17-7-4-3-6-16(14)17/h3-4,6-13H,2,5H2,1H3/b10-8+. The molecule has 0 aliphatic rings. The van der Waals surface area contributed by atoms with Crippen molar-refractivity contribution in [2.24, 2.45) is 0 Å². The van der Waals surface area contributed by atoms with Crippen molar-refractivity contribution in [3.63, 3.8) is 0 Å². The van der Waals surface area contributed by atoms with Gasteiger partial charge in [0.25, 0.3) is 0 Å². The number of benzene rings is 1. The summed E-state index contributed by atoms with van der Waals surface area (Å²) in [6.45, 7) is 2.15. The second kappa shape index (κ2) is 6.67. The van der Waals surface area contributed by atoms with Gasteiger partial charge in [0, 0.05) is 16.5 Å². The zero-order valence-electron chi connectivity index (χ0n) is 12.5. The summed E-state index contributed by atoms with van der Waals surface area (Å²) in [7, 11) is 0. The number of para-hydroxylation sites is 1. The first-order valence-electron chi connectivity index (χ1n) is 7.43. The van der Waals surface area contributed by atoms with Crippen LogP contribution in [0.2, 0.25) is 0 Å². The fourth-order valence-corrected chi connectivity index (χ4v) is 3.43. The van der Waals surface area contributed by atoms with Gasteiger partial charge in [0.05, 0.1) is 10.4 Å². The minimum absolute atomic E-state index is 0.0632. The lowest BCUT2D eigenvalue weighted by molar-refractivity contribution is 0.105. The molecule has 3 aromatic rings. The van der Waals surface area contributed by atoms with Crippen LogP contribution in [0, 0.1) is 0 Å². The highest BCUT2D eigenvalue weighted by atomic mass is 32.1. The first-order chi connectivity index (χ1) is 10.8. The minimum atomic E-state index is 0.0632. The lowest BCUT2D eigenvalue weighted by atomic mass is 10.1. The number of aryl methyl sites for hydroxylation is 1. The Kier molecular flexibility index (Phi) is 4.45. The van der Waals surface area contributed by atoms with E-state index in [2.05, 4.69) is 18.0 Å². The highest BCUT2D eigenvalue weighted by Gasteiger charge is 2.06. The summed E-state index contributed by atoms with van der Waals surface area (Å²) in [5.41, 5.74) is 1.96. The summed E-state index contributed by atoms with van der Waals surface area (Å²) in [4.78, 5) is 18.7. The van der Waals surface area contributed by atoms with E-state index >= 15 is 0 Å². The van der Waals surface area contributed by atoms with E-state index in [-0.39, 0.29) is 5.78 Å². The van der Waals surface area contributed by atoms with Crippen LogP contribution >= 0.6 is 11.3 Å². The molecule has 1 aromatic carbocycles. The van der Waals surface area contributed by atoms with E-state index in [4.69, 9.17) is 0 Å². The van der Waals surface area contributed by atoms with Crippen molar-refractivity contribution in [1.82, 2.24) is 4.98 Å². The van der Waals surface area contributed by atoms with Gasteiger partial charge < -0.3 is 0 Å². The molecule has 0 unspecified atom stereocenters. The number of pyridine rings is 1. The molecule has 0 aliphatic heterocycles. The fourth-order valence-electron chi connectivity index (χ4n) is 2.40. The van der Waals surface area contributed by atoms with Crippen molar-refractivity contribution in [2.45, 2.75) is 19.8 Å². The Morgan fingerprint density at radius 3 is 2.91 bits per heavy atom. The Bertz CT molecular complexity index is 827. The monoisotopic (exact) mass is 307 g/mol. The van der Waals surface area contributed by atoms with Gasteiger partial charge in [-0.1, -0.05) is 37.6 Å². The number of nitrogens with zero attached hydrogens (tertiary/aromatic N) is 1. The average molecular weight is 307 g/mol. The molecule has 0 atom stereocenters. The number of carbonyl (C=O) groups excluding carboxylic acids is 1. The molecule has 0 fully saturated rings. The van der Waals surface area contributed by atoms with Crippen molar-refractivity contribution in [2.75, 3.05) is 0 Å². The Hall–Kier alpha value is -2.26. The Morgan fingerprint density at radius 1 is 1.18 bits per heavy atom. The molecule has 3 heteroatoms. The number of fused-ring (bicyclic) bond motifs is 1. The van der Waals surface area contributed by atoms with Crippen LogP contribution in [0.1, 0.15) is 33.5 Å². The van der Waals surface area contributed by atoms with Gasteiger partial charge in [-0.3, -0.25) is 9.78 Å². The van der Waals surface area contributed by atoms with E-state index in [1.807, 2.05) is 42.5 Å². The van der Waals surface area contributed by atoms with E-state index in [1.54, 1.807) is 23.6 Å². The quantitative estimate of drug-likeness (QED) is 0.482. The van der Waals surface area contributed by atoms with Crippen molar-refractivity contribution in [1.29, 1.82) is 0 Å². The van der Waals surface area contributed by atoms with E-state index < -0.39 is 0 Å². The topological polar surface area (TPSA) is 30.0 Å². The van der Waals surface area contributed by atoms with Gasteiger partial charge >= 0.3 is 0 Å². The Labute approximate surface area is 134 Å². The number of aromatic nitrogens is 1. The molecule has 2 aromatic heterocycles. The normalized spacial score (nSPS) is 11.3. The third-order valence-electron chi connectivity index (χ3n) is 3.50.